The lowest BCUT2D eigenvalue weighted by Gasteiger charge is -2.01. The van der Waals surface area contributed by atoms with Crippen molar-refractivity contribution in [3.63, 3.8) is 0 Å². The highest BCUT2D eigenvalue weighted by molar-refractivity contribution is 5.56. The number of nitro benzene ring substituents is 1. The van der Waals surface area contributed by atoms with Crippen LogP contribution in [0.4, 0.5) is 11.7 Å². The quantitative estimate of drug-likeness (QED) is 0.567. The molecule has 0 bridgehead atoms. The minimum absolute atomic E-state index is 0.0552. The molecule has 0 aliphatic carbocycles. The lowest BCUT2D eigenvalue weighted by molar-refractivity contribution is -0.384. The first-order valence-electron chi connectivity index (χ1n) is 6.91. The fourth-order valence-corrected chi connectivity index (χ4v) is 2.16. The van der Waals surface area contributed by atoms with Gasteiger partial charge in [-0.25, -0.2) is 0 Å². The van der Waals surface area contributed by atoms with Gasteiger partial charge in [0.1, 0.15) is 11.5 Å². The van der Waals surface area contributed by atoms with E-state index in [0.29, 0.717) is 18.2 Å². The molecule has 0 aliphatic rings. The number of rotatable bonds is 5. The SMILES string of the molecule is Cc1cc(-c2nnc(NCc3ccc([N+](=O)[O-])cc3)o2)c(C)o1. The van der Waals surface area contributed by atoms with E-state index in [2.05, 4.69) is 15.5 Å². The molecule has 0 radical (unpaired) electrons. The van der Waals surface area contributed by atoms with Gasteiger partial charge in [-0.2, -0.15) is 0 Å². The van der Waals surface area contributed by atoms with Gasteiger partial charge >= 0.3 is 6.01 Å². The van der Waals surface area contributed by atoms with E-state index in [1.54, 1.807) is 12.1 Å². The van der Waals surface area contributed by atoms with Crippen LogP contribution in [0.15, 0.2) is 39.2 Å². The number of benzene rings is 1. The minimum atomic E-state index is -0.434. The molecule has 0 amide bonds. The van der Waals surface area contributed by atoms with Gasteiger partial charge in [-0.05, 0) is 25.5 Å². The third-order valence-corrected chi connectivity index (χ3v) is 3.29. The van der Waals surface area contributed by atoms with Crippen LogP contribution in [0.2, 0.25) is 0 Å². The van der Waals surface area contributed by atoms with Crippen molar-refractivity contribution < 1.29 is 13.8 Å². The second kappa shape index (κ2) is 5.91. The van der Waals surface area contributed by atoms with Crippen LogP contribution < -0.4 is 5.32 Å². The van der Waals surface area contributed by atoms with Crippen molar-refractivity contribution in [2.24, 2.45) is 0 Å². The van der Waals surface area contributed by atoms with Crippen molar-refractivity contribution in [1.29, 1.82) is 0 Å². The van der Waals surface area contributed by atoms with E-state index in [1.807, 2.05) is 19.9 Å². The van der Waals surface area contributed by atoms with Gasteiger partial charge < -0.3 is 14.2 Å². The summed E-state index contributed by atoms with van der Waals surface area (Å²) in [7, 11) is 0. The average molecular weight is 314 g/mol. The molecular formula is C15H14N4O4. The predicted octanol–water partition coefficient (Wildman–Crippen LogP) is 3.47. The standard InChI is InChI=1S/C15H14N4O4/c1-9-7-13(10(2)22-9)14-17-18-15(23-14)16-8-11-3-5-12(6-4-11)19(20)21/h3-7H,8H2,1-2H3,(H,16,18). The fraction of sp³-hybridized carbons (Fsp3) is 0.200. The van der Waals surface area contributed by atoms with Crippen molar-refractivity contribution in [3.8, 4) is 11.5 Å². The highest BCUT2D eigenvalue weighted by atomic mass is 16.6. The van der Waals surface area contributed by atoms with Crippen molar-refractivity contribution in [2.75, 3.05) is 5.32 Å². The average Bonchev–Trinajstić information content (AvgIpc) is 3.11. The third-order valence-electron chi connectivity index (χ3n) is 3.29. The van der Waals surface area contributed by atoms with Gasteiger partial charge in [-0.3, -0.25) is 10.1 Å². The first-order valence-corrected chi connectivity index (χ1v) is 6.91. The van der Waals surface area contributed by atoms with Crippen LogP contribution in [0.5, 0.6) is 0 Å². The maximum Gasteiger partial charge on any atom is 0.316 e. The van der Waals surface area contributed by atoms with E-state index < -0.39 is 4.92 Å². The van der Waals surface area contributed by atoms with Crippen molar-refractivity contribution in [2.45, 2.75) is 20.4 Å². The molecule has 3 aromatic rings. The lowest BCUT2D eigenvalue weighted by atomic mass is 10.2. The van der Waals surface area contributed by atoms with E-state index in [4.69, 9.17) is 8.83 Å². The highest BCUT2D eigenvalue weighted by Crippen LogP contribution is 2.26. The summed E-state index contributed by atoms with van der Waals surface area (Å²) in [6.45, 7) is 4.10. The number of nitro groups is 1. The number of nitrogens with one attached hydrogen (secondary N) is 1. The van der Waals surface area contributed by atoms with Gasteiger partial charge in [0.25, 0.3) is 11.6 Å². The summed E-state index contributed by atoms with van der Waals surface area (Å²) in [5.74, 6) is 1.87. The van der Waals surface area contributed by atoms with E-state index in [1.165, 1.54) is 12.1 Å². The third kappa shape index (κ3) is 3.20. The molecule has 3 rings (SSSR count). The Morgan fingerprint density at radius 2 is 1.91 bits per heavy atom. The smallest absolute Gasteiger partial charge is 0.316 e. The summed E-state index contributed by atoms with van der Waals surface area (Å²) >= 11 is 0. The molecule has 8 nitrogen and oxygen atoms in total. The Bertz CT molecular complexity index is 836. The molecule has 1 aromatic carbocycles. The number of aromatic nitrogens is 2. The topological polar surface area (TPSA) is 107 Å². The first-order chi connectivity index (χ1) is 11.0. The monoisotopic (exact) mass is 314 g/mol. The van der Waals surface area contributed by atoms with Gasteiger partial charge in [0, 0.05) is 18.7 Å². The number of hydrogen-bond donors (Lipinski definition) is 1. The van der Waals surface area contributed by atoms with Crippen LogP contribution >= 0.6 is 0 Å². The van der Waals surface area contributed by atoms with Crippen LogP contribution in [0.1, 0.15) is 17.1 Å². The number of non-ortho nitro benzene ring substituents is 1. The summed E-state index contributed by atoms with van der Waals surface area (Å²) in [5, 5.41) is 21.5. The lowest BCUT2D eigenvalue weighted by Crippen LogP contribution is -1.99. The van der Waals surface area contributed by atoms with Crippen LogP contribution in [-0.4, -0.2) is 15.1 Å². The molecule has 2 aromatic heterocycles. The predicted molar refractivity (Wildman–Crippen MR) is 81.9 cm³/mol. The molecule has 0 unspecified atom stereocenters. The summed E-state index contributed by atoms with van der Waals surface area (Å²) in [6, 6.07) is 8.36. The molecule has 0 atom stereocenters. The van der Waals surface area contributed by atoms with Crippen LogP contribution in [0.25, 0.3) is 11.5 Å². The molecule has 0 spiro atoms. The summed E-state index contributed by atoms with van der Waals surface area (Å²) in [5.41, 5.74) is 1.68. The molecular weight excluding hydrogens is 300 g/mol. The largest absolute Gasteiger partial charge is 0.466 e. The van der Waals surface area contributed by atoms with E-state index in [0.717, 1.165) is 16.9 Å². The van der Waals surface area contributed by atoms with E-state index in [9.17, 15) is 10.1 Å². The first kappa shape index (κ1) is 14.8. The molecule has 23 heavy (non-hydrogen) atoms. The molecule has 0 fully saturated rings. The Morgan fingerprint density at radius 1 is 1.17 bits per heavy atom. The van der Waals surface area contributed by atoms with Crippen LogP contribution in [-0.2, 0) is 6.54 Å². The van der Waals surface area contributed by atoms with Crippen molar-refractivity contribution >= 4 is 11.7 Å². The number of furan rings is 1. The second-order valence-corrected chi connectivity index (χ2v) is 5.02. The molecule has 1 N–H and O–H groups in total. The number of aryl methyl sites for hydroxylation is 2. The highest BCUT2D eigenvalue weighted by Gasteiger charge is 2.14. The Hall–Kier alpha value is -3.16. The van der Waals surface area contributed by atoms with Gasteiger partial charge in [0.2, 0.25) is 0 Å². The Morgan fingerprint density at radius 3 is 2.52 bits per heavy atom. The fourth-order valence-electron chi connectivity index (χ4n) is 2.16. The number of hydrogen-bond acceptors (Lipinski definition) is 7. The Balaban J connectivity index is 1.67. The van der Waals surface area contributed by atoms with Crippen molar-refractivity contribution in [1.82, 2.24) is 10.2 Å². The molecule has 2 heterocycles. The molecule has 8 heteroatoms. The van der Waals surface area contributed by atoms with Gasteiger partial charge in [-0.1, -0.05) is 17.2 Å². The molecule has 0 saturated carbocycles. The van der Waals surface area contributed by atoms with Gasteiger partial charge in [0.05, 0.1) is 10.5 Å². The van der Waals surface area contributed by atoms with Crippen LogP contribution in [0.3, 0.4) is 0 Å². The summed E-state index contributed by atoms with van der Waals surface area (Å²) in [6.07, 6.45) is 0. The summed E-state index contributed by atoms with van der Waals surface area (Å²) in [4.78, 5) is 10.2. The molecule has 0 aliphatic heterocycles. The zero-order valence-corrected chi connectivity index (χ0v) is 12.6. The molecule has 118 valence electrons. The van der Waals surface area contributed by atoms with E-state index in [-0.39, 0.29) is 11.7 Å². The number of anilines is 1. The Kier molecular flexibility index (Phi) is 3.80. The minimum Gasteiger partial charge on any atom is -0.466 e. The van der Waals surface area contributed by atoms with Gasteiger partial charge in [-0.15, -0.1) is 5.10 Å². The van der Waals surface area contributed by atoms with E-state index >= 15 is 0 Å². The zero-order chi connectivity index (χ0) is 16.4. The Labute approximate surface area is 131 Å². The number of nitrogens with zero attached hydrogens (tertiary/aromatic N) is 3. The maximum absolute atomic E-state index is 10.6. The van der Waals surface area contributed by atoms with Crippen LogP contribution in [0, 0.1) is 24.0 Å². The van der Waals surface area contributed by atoms with Gasteiger partial charge in [0.15, 0.2) is 0 Å². The maximum atomic E-state index is 10.6. The normalized spacial score (nSPS) is 10.7. The molecule has 0 saturated heterocycles. The van der Waals surface area contributed by atoms with Crippen molar-refractivity contribution in [3.05, 3.63) is 57.5 Å². The second-order valence-electron chi connectivity index (χ2n) is 5.02. The summed E-state index contributed by atoms with van der Waals surface area (Å²) < 4.78 is 11.0. The zero-order valence-electron chi connectivity index (χ0n) is 12.6.